The molecule has 0 unspecified atom stereocenters. The third kappa shape index (κ3) is 2.56. The van der Waals surface area contributed by atoms with Gasteiger partial charge in [-0.2, -0.15) is 4.39 Å². The first-order chi connectivity index (χ1) is 8.62. The Bertz CT molecular complexity index is 433. The summed E-state index contributed by atoms with van der Waals surface area (Å²) in [4.78, 5) is 0. The normalized spacial score (nSPS) is 16.4. The Kier molecular flexibility index (Phi) is 3.71. The number of anilines is 1. The van der Waals surface area contributed by atoms with Crippen LogP contribution in [-0.4, -0.2) is 19.4 Å². The average Bonchev–Trinajstić information content (AvgIpc) is 3.12. The highest BCUT2D eigenvalue weighted by Gasteiger charge is 2.44. The van der Waals surface area contributed by atoms with Gasteiger partial charge in [-0.3, -0.25) is 0 Å². The predicted molar refractivity (Wildman–Crippen MR) is 64.7 cm³/mol. The molecule has 1 aliphatic carbocycles. The van der Waals surface area contributed by atoms with E-state index in [4.69, 9.17) is 9.47 Å². The van der Waals surface area contributed by atoms with Crippen LogP contribution in [0.1, 0.15) is 26.2 Å². The highest BCUT2D eigenvalue weighted by atomic mass is 19.2. The van der Waals surface area contributed by atoms with Crippen molar-refractivity contribution < 1.29 is 18.3 Å². The molecule has 5 heteroatoms. The summed E-state index contributed by atoms with van der Waals surface area (Å²) < 4.78 is 37.2. The Balaban J connectivity index is 2.17. The van der Waals surface area contributed by atoms with Gasteiger partial charge in [-0.1, -0.05) is 6.92 Å². The fourth-order valence-corrected chi connectivity index (χ4v) is 1.79. The maximum absolute atomic E-state index is 13.5. The van der Waals surface area contributed by atoms with Crippen LogP contribution < -0.4 is 10.1 Å². The molecular weight excluding hydrogens is 240 g/mol. The van der Waals surface area contributed by atoms with Gasteiger partial charge in [0.15, 0.2) is 11.6 Å². The van der Waals surface area contributed by atoms with Crippen LogP contribution >= 0.6 is 0 Å². The first-order valence-corrected chi connectivity index (χ1v) is 6.06. The molecule has 18 heavy (non-hydrogen) atoms. The Morgan fingerprint density at radius 2 is 2.06 bits per heavy atom. The van der Waals surface area contributed by atoms with Gasteiger partial charge in [-0.25, -0.2) is 4.39 Å². The van der Waals surface area contributed by atoms with Crippen LogP contribution in [0.5, 0.6) is 5.75 Å². The number of hydrogen-bond acceptors (Lipinski definition) is 3. The number of methoxy groups -OCH3 is 1. The quantitative estimate of drug-likeness (QED) is 0.793. The van der Waals surface area contributed by atoms with Gasteiger partial charge in [-0.05, 0) is 31.4 Å². The van der Waals surface area contributed by atoms with E-state index < -0.39 is 17.4 Å². The Morgan fingerprint density at radius 3 is 2.61 bits per heavy atom. The standard InChI is InChI=1S/C13H17F2NO2/c1-3-8-18-13(6-7-13)16-10-5-4-9(14)11(15)12(10)17-2/h4-5,16H,3,6-8H2,1-2H3. The molecule has 3 nitrogen and oxygen atoms in total. The minimum absolute atomic E-state index is 0.110. The highest BCUT2D eigenvalue weighted by molar-refractivity contribution is 5.59. The van der Waals surface area contributed by atoms with Gasteiger partial charge in [0, 0.05) is 6.61 Å². The molecular formula is C13H17F2NO2. The first kappa shape index (κ1) is 13.1. The minimum atomic E-state index is -0.978. The van der Waals surface area contributed by atoms with E-state index in [1.54, 1.807) is 0 Å². The molecule has 0 amide bonds. The van der Waals surface area contributed by atoms with Gasteiger partial charge >= 0.3 is 0 Å². The van der Waals surface area contributed by atoms with Gasteiger partial charge < -0.3 is 14.8 Å². The average molecular weight is 257 g/mol. The first-order valence-electron chi connectivity index (χ1n) is 6.06. The van der Waals surface area contributed by atoms with E-state index >= 15 is 0 Å². The van der Waals surface area contributed by atoms with Crippen molar-refractivity contribution in [3.8, 4) is 5.75 Å². The van der Waals surface area contributed by atoms with Gasteiger partial charge in [0.05, 0.1) is 12.8 Å². The van der Waals surface area contributed by atoms with E-state index in [2.05, 4.69) is 5.32 Å². The van der Waals surface area contributed by atoms with Crippen molar-refractivity contribution >= 4 is 5.69 Å². The molecule has 0 atom stereocenters. The summed E-state index contributed by atoms with van der Waals surface area (Å²) in [5.74, 6) is -2.01. The van der Waals surface area contributed by atoms with Crippen molar-refractivity contribution in [3.05, 3.63) is 23.8 Å². The third-order valence-electron chi connectivity index (χ3n) is 2.90. The largest absolute Gasteiger partial charge is 0.491 e. The second-order valence-corrected chi connectivity index (χ2v) is 4.41. The van der Waals surface area contributed by atoms with Crippen LogP contribution in [0.25, 0.3) is 0 Å². The number of ether oxygens (including phenoxy) is 2. The summed E-state index contributed by atoms with van der Waals surface area (Å²) in [6.45, 7) is 2.66. The maximum atomic E-state index is 13.5. The molecule has 0 spiro atoms. The molecule has 1 aliphatic rings. The van der Waals surface area contributed by atoms with Crippen molar-refractivity contribution in [2.75, 3.05) is 19.0 Å². The summed E-state index contributed by atoms with van der Waals surface area (Å²) in [5.41, 5.74) is -0.0156. The van der Waals surface area contributed by atoms with E-state index in [0.29, 0.717) is 12.3 Å². The lowest BCUT2D eigenvalue weighted by atomic mass is 10.2. The molecule has 0 aliphatic heterocycles. The van der Waals surface area contributed by atoms with Crippen LogP contribution in [0.2, 0.25) is 0 Å². The van der Waals surface area contributed by atoms with Crippen molar-refractivity contribution in [2.45, 2.75) is 31.9 Å². The molecule has 1 saturated carbocycles. The van der Waals surface area contributed by atoms with Gasteiger partial charge in [-0.15, -0.1) is 0 Å². The summed E-state index contributed by atoms with van der Waals surface area (Å²) in [6, 6.07) is 2.54. The van der Waals surface area contributed by atoms with Crippen LogP contribution in [-0.2, 0) is 4.74 Å². The highest BCUT2D eigenvalue weighted by Crippen LogP contribution is 2.43. The number of halogens is 2. The molecule has 0 radical (unpaired) electrons. The van der Waals surface area contributed by atoms with Crippen LogP contribution in [0.15, 0.2) is 12.1 Å². The van der Waals surface area contributed by atoms with Crippen molar-refractivity contribution in [2.24, 2.45) is 0 Å². The zero-order chi connectivity index (χ0) is 13.2. The minimum Gasteiger partial charge on any atom is -0.491 e. The maximum Gasteiger partial charge on any atom is 0.202 e. The van der Waals surface area contributed by atoms with Crippen LogP contribution in [0.4, 0.5) is 14.5 Å². The molecule has 1 fully saturated rings. The van der Waals surface area contributed by atoms with E-state index in [1.165, 1.54) is 13.2 Å². The van der Waals surface area contributed by atoms with Crippen molar-refractivity contribution in [1.82, 2.24) is 0 Å². The van der Waals surface area contributed by atoms with Crippen LogP contribution in [0.3, 0.4) is 0 Å². The van der Waals surface area contributed by atoms with Gasteiger partial charge in [0.25, 0.3) is 0 Å². The van der Waals surface area contributed by atoms with E-state index in [-0.39, 0.29) is 5.75 Å². The molecule has 1 aromatic rings. The zero-order valence-electron chi connectivity index (χ0n) is 10.6. The van der Waals surface area contributed by atoms with E-state index in [0.717, 1.165) is 25.3 Å². The fraction of sp³-hybridized carbons (Fsp3) is 0.538. The summed E-state index contributed by atoms with van der Waals surface area (Å²) in [6.07, 6.45) is 2.63. The topological polar surface area (TPSA) is 30.5 Å². The second kappa shape index (κ2) is 5.10. The Hall–Kier alpha value is -1.36. The zero-order valence-corrected chi connectivity index (χ0v) is 10.6. The molecule has 0 saturated heterocycles. The molecule has 0 aromatic heterocycles. The molecule has 0 heterocycles. The lowest BCUT2D eigenvalue weighted by Crippen LogP contribution is -2.26. The SMILES string of the molecule is CCCOC1(Nc2ccc(F)c(F)c2OC)CC1. The number of rotatable bonds is 6. The molecule has 2 rings (SSSR count). The summed E-state index contributed by atoms with van der Waals surface area (Å²) in [5, 5.41) is 3.10. The van der Waals surface area contributed by atoms with Gasteiger partial charge in [0.2, 0.25) is 5.82 Å². The smallest absolute Gasteiger partial charge is 0.202 e. The summed E-state index contributed by atoms with van der Waals surface area (Å²) in [7, 11) is 1.31. The Labute approximate surface area is 105 Å². The van der Waals surface area contributed by atoms with E-state index in [1.807, 2.05) is 6.92 Å². The van der Waals surface area contributed by atoms with Crippen molar-refractivity contribution in [3.63, 3.8) is 0 Å². The second-order valence-electron chi connectivity index (χ2n) is 4.41. The molecule has 0 bridgehead atoms. The van der Waals surface area contributed by atoms with E-state index in [9.17, 15) is 8.78 Å². The molecule has 100 valence electrons. The number of benzene rings is 1. The fourth-order valence-electron chi connectivity index (χ4n) is 1.79. The van der Waals surface area contributed by atoms with Crippen molar-refractivity contribution in [1.29, 1.82) is 0 Å². The molecule has 1 N–H and O–H groups in total. The number of hydrogen-bond donors (Lipinski definition) is 1. The lowest BCUT2D eigenvalue weighted by Gasteiger charge is -2.21. The summed E-state index contributed by atoms with van der Waals surface area (Å²) >= 11 is 0. The monoisotopic (exact) mass is 257 g/mol. The van der Waals surface area contributed by atoms with Gasteiger partial charge in [0.1, 0.15) is 5.72 Å². The Morgan fingerprint density at radius 1 is 1.33 bits per heavy atom. The lowest BCUT2D eigenvalue weighted by molar-refractivity contribution is 0.0533. The number of nitrogens with one attached hydrogen (secondary N) is 1. The third-order valence-corrected chi connectivity index (χ3v) is 2.90. The molecule has 1 aromatic carbocycles. The van der Waals surface area contributed by atoms with Crippen LogP contribution in [0, 0.1) is 11.6 Å². The predicted octanol–water partition coefficient (Wildman–Crippen LogP) is 3.30.